The van der Waals surface area contributed by atoms with Gasteiger partial charge in [0.05, 0.1) is 16.1 Å². The minimum absolute atomic E-state index is 0.138. The largest absolute Gasteiger partial charge is 0.276 e. The van der Waals surface area contributed by atoms with E-state index in [0.29, 0.717) is 15.6 Å². The Bertz CT molecular complexity index is 731. The number of sulfonamides is 1. The summed E-state index contributed by atoms with van der Waals surface area (Å²) >= 11 is 11.7. The SMILES string of the molecule is O=S(=O)(N/N=C/c1ccc(Cl)cc1Cl)c1ccccc1. The van der Waals surface area contributed by atoms with Crippen molar-refractivity contribution in [2.75, 3.05) is 0 Å². The van der Waals surface area contributed by atoms with Gasteiger partial charge in [-0.25, -0.2) is 4.83 Å². The molecule has 0 aliphatic heterocycles. The lowest BCUT2D eigenvalue weighted by Gasteiger charge is -2.03. The molecule has 0 aromatic heterocycles. The fraction of sp³-hybridized carbons (Fsp3) is 0. The second-order valence-corrected chi connectivity index (χ2v) is 6.34. The maximum Gasteiger partial charge on any atom is 0.276 e. The Hall–Kier alpha value is -1.56. The van der Waals surface area contributed by atoms with Crippen LogP contribution in [0.1, 0.15) is 5.56 Å². The average molecular weight is 329 g/mol. The molecule has 104 valence electrons. The highest BCUT2D eigenvalue weighted by Crippen LogP contribution is 2.19. The lowest BCUT2D eigenvalue weighted by Crippen LogP contribution is -2.18. The third kappa shape index (κ3) is 3.72. The molecule has 0 amide bonds. The molecule has 7 heteroatoms. The third-order valence-corrected chi connectivity index (χ3v) is 4.19. The molecule has 0 bridgehead atoms. The molecular formula is C13H10Cl2N2O2S. The molecular weight excluding hydrogens is 319 g/mol. The zero-order chi connectivity index (χ0) is 14.6. The van der Waals surface area contributed by atoms with Crippen molar-refractivity contribution in [3.8, 4) is 0 Å². The van der Waals surface area contributed by atoms with Crippen molar-refractivity contribution in [1.29, 1.82) is 0 Å². The highest BCUT2D eigenvalue weighted by molar-refractivity contribution is 7.89. The number of nitrogens with zero attached hydrogens (tertiary/aromatic N) is 1. The van der Waals surface area contributed by atoms with Gasteiger partial charge in [-0.3, -0.25) is 0 Å². The van der Waals surface area contributed by atoms with Gasteiger partial charge in [0.2, 0.25) is 0 Å². The Morgan fingerprint density at radius 1 is 1.05 bits per heavy atom. The van der Waals surface area contributed by atoms with E-state index in [1.807, 2.05) is 0 Å². The van der Waals surface area contributed by atoms with Crippen LogP contribution < -0.4 is 4.83 Å². The molecule has 0 heterocycles. The van der Waals surface area contributed by atoms with Crippen LogP contribution in [-0.2, 0) is 10.0 Å². The third-order valence-electron chi connectivity index (χ3n) is 2.39. The van der Waals surface area contributed by atoms with Crippen molar-refractivity contribution >= 4 is 39.4 Å². The predicted octanol–water partition coefficient (Wildman–Crippen LogP) is 3.31. The molecule has 0 saturated heterocycles. The molecule has 1 N–H and O–H groups in total. The summed E-state index contributed by atoms with van der Waals surface area (Å²) in [4.78, 5) is 2.25. The summed E-state index contributed by atoms with van der Waals surface area (Å²) in [6, 6.07) is 12.8. The van der Waals surface area contributed by atoms with Gasteiger partial charge in [0, 0.05) is 10.6 Å². The van der Waals surface area contributed by atoms with E-state index in [0.717, 1.165) is 0 Å². The number of hydrogen-bond donors (Lipinski definition) is 1. The summed E-state index contributed by atoms with van der Waals surface area (Å²) in [5, 5.41) is 4.58. The summed E-state index contributed by atoms with van der Waals surface area (Å²) in [5.41, 5.74) is 0.562. The van der Waals surface area contributed by atoms with E-state index in [1.54, 1.807) is 36.4 Å². The maximum absolute atomic E-state index is 11.9. The van der Waals surface area contributed by atoms with Crippen LogP contribution in [0.4, 0.5) is 0 Å². The maximum atomic E-state index is 11.9. The van der Waals surface area contributed by atoms with E-state index in [4.69, 9.17) is 23.2 Å². The minimum atomic E-state index is -3.67. The van der Waals surface area contributed by atoms with Gasteiger partial charge < -0.3 is 0 Å². The highest BCUT2D eigenvalue weighted by Gasteiger charge is 2.11. The molecule has 20 heavy (non-hydrogen) atoms. The van der Waals surface area contributed by atoms with Gasteiger partial charge in [-0.15, -0.1) is 0 Å². The number of hydrogen-bond acceptors (Lipinski definition) is 3. The normalized spacial score (nSPS) is 11.7. The first-order valence-electron chi connectivity index (χ1n) is 5.54. The van der Waals surface area contributed by atoms with Crippen LogP contribution in [0.3, 0.4) is 0 Å². The molecule has 0 radical (unpaired) electrons. The number of benzene rings is 2. The quantitative estimate of drug-likeness (QED) is 0.691. The van der Waals surface area contributed by atoms with E-state index < -0.39 is 10.0 Å². The van der Waals surface area contributed by atoms with Crippen molar-refractivity contribution in [2.45, 2.75) is 4.90 Å². The Morgan fingerprint density at radius 2 is 1.75 bits per heavy atom. The highest BCUT2D eigenvalue weighted by atomic mass is 35.5. The molecule has 0 fully saturated rings. The Balaban J connectivity index is 2.14. The number of hydrazone groups is 1. The van der Waals surface area contributed by atoms with Gasteiger partial charge in [-0.05, 0) is 24.3 Å². The monoisotopic (exact) mass is 328 g/mol. The summed E-state index contributed by atoms with van der Waals surface area (Å²) in [6.07, 6.45) is 1.32. The number of halogens is 2. The molecule has 0 atom stereocenters. The van der Waals surface area contributed by atoms with Crippen LogP contribution >= 0.6 is 23.2 Å². The van der Waals surface area contributed by atoms with Gasteiger partial charge in [0.15, 0.2) is 0 Å². The van der Waals surface area contributed by atoms with Crippen molar-refractivity contribution < 1.29 is 8.42 Å². The van der Waals surface area contributed by atoms with E-state index in [1.165, 1.54) is 18.3 Å². The molecule has 0 spiro atoms. The predicted molar refractivity (Wildman–Crippen MR) is 80.8 cm³/mol. The minimum Gasteiger partial charge on any atom is -0.200 e. The van der Waals surface area contributed by atoms with Gasteiger partial charge >= 0.3 is 0 Å². The van der Waals surface area contributed by atoms with Gasteiger partial charge in [0.25, 0.3) is 10.0 Å². The van der Waals surface area contributed by atoms with E-state index >= 15 is 0 Å². The molecule has 0 aliphatic carbocycles. The van der Waals surface area contributed by atoms with Gasteiger partial charge in [-0.1, -0.05) is 47.5 Å². The Kier molecular flexibility index (Phi) is 4.65. The summed E-state index contributed by atoms with van der Waals surface area (Å²) in [5.74, 6) is 0. The van der Waals surface area contributed by atoms with E-state index in [2.05, 4.69) is 9.93 Å². The van der Waals surface area contributed by atoms with Crippen LogP contribution in [-0.4, -0.2) is 14.6 Å². The molecule has 0 aliphatic rings. The average Bonchev–Trinajstić information content (AvgIpc) is 2.42. The van der Waals surface area contributed by atoms with E-state index in [-0.39, 0.29) is 4.90 Å². The second-order valence-electron chi connectivity index (χ2n) is 3.83. The fourth-order valence-electron chi connectivity index (χ4n) is 1.42. The van der Waals surface area contributed by atoms with Crippen molar-refractivity contribution in [2.24, 2.45) is 5.10 Å². The number of nitrogens with one attached hydrogen (secondary N) is 1. The zero-order valence-corrected chi connectivity index (χ0v) is 12.5. The smallest absolute Gasteiger partial charge is 0.200 e. The van der Waals surface area contributed by atoms with Crippen molar-refractivity contribution in [3.63, 3.8) is 0 Å². The molecule has 0 saturated carbocycles. The fourth-order valence-corrected chi connectivity index (χ4v) is 2.69. The van der Waals surface area contributed by atoms with E-state index in [9.17, 15) is 8.42 Å². The lowest BCUT2D eigenvalue weighted by molar-refractivity contribution is 0.584. The van der Waals surface area contributed by atoms with Crippen LogP contribution in [0.15, 0.2) is 58.5 Å². The first kappa shape index (κ1) is 14.8. The standard InChI is InChI=1S/C13H10Cl2N2O2S/c14-11-7-6-10(13(15)8-11)9-16-17-20(18,19)12-4-2-1-3-5-12/h1-9,17H/b16-9+. The van der Waals surface area contributed by atoms with Crippen LogP contribution in [0.25, 0.3) is 0 Å². The van der Waals surface area contributed by atoms with Gasteiger partial charge in [0.1, 0.15) is 0 Å². The van der Waals surface area contributed by atoms with Crippen LogP contribution in [0.5, 0.6) is 0 Å². The summed E-state index contributed by atoms with van der Waals surface area (Å²) < 4.78 is 23.8. The Labute approximate surface area is 127 Å². The van der Waals surface area contributed by atoms with Crippen LogP contribution in [0.2, 0.25) is 10.0 Å². The van der Waals surface area contributed by atoms with Crippen LogP contribution in [0, 0.1) is 0 Å². The molecule has 2 rings (SSSR count). The first-order valence-corrected chi connectivity index (χ1v) is 7.78. The first-order chi connectivity index (χ1) is 9.49. The summed E-state index contributed by atoms with van der Waals surface area (Å²) in [6.45, 7) is 0. The molecule has 0 unspecified atom stereocenters. The molecule has 2 aromatic rings. The van der Waals surface area contributed by atoms with Crippen molar-refractivity contribution in [3.05, 3.63) is 64.1 Å². The van der Waals surface area contributed by atoms with Gasteiger partial charge in [-0.2, -0.15) is 13.5 Å². The zero-order valence-electron chi connectivity index (χ0n) is 10.1. The van der Waals surface area contributed by atoms with Crippen molar-refractivity contribution in [1.82, 2.24) is 4.83 Å². The lowest BCUT2D eigenvalue weighted by atomic mass is 10.2. The second kappa shape index (κ2) is 6.26. The molecule has 4 nitrogen and oxygen atoms in total. The molecule has 2 aromatic carbocycles. The Morgan fingerprint density at radius 3 is 2.40 bits per heavy atom. The number of rotatable bonds is 4. The topological polar surface area (TPSA) is 58.5 Å². The summed E-state index contributed by atoms with van der Waals surface area (Å²) in [7, 11) is -3.67.